The molecule has 3 rings (SSSR count). The molecule has 1 aromatic heterocycles. The van der Waals surface area contributed by atoms with Gasteiger partial charge in [-0.3, -0.25) is 14.4 Å². The number of Topliss-reactive ketones (excluding diaryl/α,β-unsaturated/α-hetero) is 1. The molecule has 1 saturated carbocycles. The van der Waals surface area contributed by atoms with Gasteiger partial charge < -0.3 is 14.5 Å². The van der Waals surface area contributed by atoms with Gasteiger partial charge in [-0.15, -0.1) is 0 Å². The number of esters is 2. The fourth-order valence-corrected chi connectivity index (χ4v) is 4.04. The zero-order valence-electron chi connectivity index (χ0n) is 15.5. The lowest BCUT2D eigenvalue weighted by Gasteiger charge is -2.30. The Hall–Kier alpha value is -2.89. The molecule has 2 aromatic rings. The van der Waals surface area contributed by atoms with E-state index in [1.54, 1.807) is 6.20 Å². The van der Waals surface area contributed by atoms with E-state index >= 15 is 0 Å². The van der Waals surface area contributed by atoms with E-state index < -0.39 is 29.1 Å². The third kappa shape index (κ3) is 3.27. The number of benzene rings is 1. The lowest BCUT2D eigenvalue weighted by atomic mass is 9.72. The first-order valence-corrected chi connectivity index (χ1v) is 8.98. The van der Waals surface area contributed by atoms with Gasteiger partial charge in [-0.05, 0) is 24.5 Å². The van der Waals surface area contributed by atoms with Gasteiger partial charge in [0.2, 0.25) is 5.92 Å². The third-order valence-corrected chi connectivity index (χ3v) is 5.38. The normalized spacial score (nSPS) is 15.5. The predicted octanol–water partition coefficient (Wildman–Crippen LogP) is 3.02. The number of carbonyl (C=O) groups is 3. The maximum atomic E-state index is 13.5. The van der Waals surface area contributed by atoms with Crippen molar-refractivity contribution in [3.05, 3.63) is 48.3 Å². The van der Waals surface area contributed by atoms with E-state index in [1.807, 2.05) is 36.4 Å². The Morgan fingerprint density at radius 3 is 2.11 bits per heavy atom. The van der Waals surface area contributed by atoms with Gasteiger partial charge in [-0.2, -0.15) is 0 Å². The number of hydrogen-bond donors (Lipinski definition) is 1. The highest BCUT2D eigenvalue weighted by atomic mass is 16.5. The van der Waals surface area contributed by atoms with Crippen LogP contribution in [0.15, 0.2) is 42.6 Å². The predicted molar refractivity (Wildman–Crippen MR) is 98.9 cm³/mol. The summed E-state index contributed by atoms with van der Waals surface area (Å²) in [5, 5.41) is 0. The fraction of sp³-hybridized carbons (Fsp3) is 0.381. The molecule has 0 bridgehead atoms. The summed E-state index contributed by atoms with van der Waals surface area (Å²) in [6.07, 6.45) is 4.60. The number of nitrogens with one attached hydrogen (secondary N) is 1. The Morgan fingerprint density at radius 2 is 1.56 bits per heavy atom. The lowest BCUT2D eigenvalue weighted by Crippen LogP contribution is -2.45. The highest BCUT2D eigenvalue weighted by Crippen LogP contribution is 2.46. The van der Waals surface area contributed by atoms with Gasteiger partial charge in [0.15, 0.2) is 5.78 Å². The Balaban J connectivity index is 2.10. The van der Waals surface area contributed by atoms with Crippen LogP contribution in [0.1, 0.15) is 31.4 Å². The third-order valence-electron chi connectivity index (χ3n) is 5.38. The second-order valence-corrected chi connectivity index (χ2v) is 6.77. The molecule has 0 aliphatic heterocycles. The highest BCUT2D eigenvalue weighted by molar-refractivity contribution is 6.18. The van der Waals surface area contributed by atoms with Crippen molar-refractivity contribution in [1.29, 1.82) is 0 Å². The first-order valence-electron chi connectivity index (χ1n) is 8.98. The van der Waals surface area contributed by atoms with Crippen molar-refractivity contribution in [3.63, 3.8) is 0 Å². The average Bonchev–Trinajstić information content (AvgIpc) is 3.38. The SMILES string of the molecule is COC(=O)C(C(=O)OC)C(=O)C1(c2[nH]ccc2-c2ccccc2)CCCC1. The summed E-state index contributed by atoms with van der Waals surface area (Å²) in [6, 6.07) is 11.7. The smallest absolute Gasteiger partial charge is 0.327 e. The van der Waals surface area contributed by atoms with Gasteiger partial charge in [0.05, 0.1) is 19.6 Å². The van der Waals surface area contributed by atoms with Gasteiger partial charge in [0, 0.05) is 17.5 Å². The van der Waals surface area contributed by atoms with Crippen LogP contribution >= 0.6 is 0 Å². The maximum Gasteiger partial charge on any atom is 0.327 e. The van der Waals surface area contributed by atoms with Crippen LogP contribution in [0.3, 0.4) is 0 Å². The number of carbonyl (C=O) groups excluding carboxylic acids is 3. The molecule has 1 N–H and O–H groups in total. The Labute approximate surface area is 157 Å². The Morgan fingerprint density at radius 1 is 0.963 bits per heavy atom. The molecule has 142 valence electrons. The molecule has 0 saturated heterocycles. The second-order valence-electron chi connectivity index (χ2n) is 6.77. The standard InChI is InChI=1S/C21H23NO5/c1-26-19(24)16(20(25)27-2)18(23)21(11-6-7-12-21)17-15(10-13-22-17)14-8-4-3-5-9-14/h3-5,8-10,13,16,22H,6-7,11-12H2,1-2H3. The number of hydrogen-bond acceptors (Lipinski definition) is 5. The van der Waals surface area contributed by atoms with Crippen LogP contribution in [0.2, 0.25) is 0 Å². The van der Waals surface area contributed by atoms with Crippen molar-refractivity contribution in [2.24, 2.45) is 5.92 Å². The summed E-state index contributed by atoms with van der Waals surface area (Å²) < 4.78 is 9.44. The molecule has 1 aliphatic rings. The Kier molecular flexibility index (Phi) is 5.44. The van der Waals surface area contributed by atoms with E-state index in [1.165, 1.54) is 0 Å². The monoisotopic (exact) mass is 369 g/mol. The van der Waals surface area contributed by atoms with Crippen molar-refractivity contribution in [3.8, 4) is 11.1 Å². The van der Waals surface area contributed by atoms with Gasteiger partial charge >= 0.3 is 11.9 Å². The zero-order valence-corrected chi connectivity index (χ0v) is 15.5. The van der Waals surface area contributed by atoms with Crippen LogP contribution < -0.4 is 0 Å². The number of aromatic amines is 1. The molecule has 27 heavy (non-hydrogen) atoms. The molecule has 6 nitrogen and oxygen atoms in total. The molecular formula is C21H23NO5. The average molecular weight is 369 g/mol. The van der Waals surface area contributed by atoms with E-state index in [-0.39, 0.29) is 0 Å². The number of H-pyrrole nitrogens is 1. The minimum Gasteiger partial charge on any atom is -0.468 e. The molecule has 0 atom stereocenters. The number of rotatable bonds is 6. The number of ketones is 1. The second kappa shape index (κ2) is 7.78. The van der Waals surface area contributed by atoms with Crippen molar-refractivity contribution in [1.82, 2.24) is 4.98 Å². The van der Waals surface area contributed by atoms with E-state index in [0.29, 0.717) is 12.8 Å². The van der Waals surface area contributed by atoms with Crippen molar-refractivity contribution >= 4 is 17.7 Å². The van der Waals surface area contributed by atoms with E-state index in [2.05, 4.69) is 4.98 Å². The molecule has 1 aliphatic carbocycles. The van der Waals surface area contributed by atoms with Crippen LogP contribution in [0.5, 0.6) is 0 Å². The molecule has 1 aromatic carbocycles. The van der Waals surface area contributed by atoms with Crippen LogP contribution in [-0.2, 0) is 29.3 Å². The van der Waals surface area contributed by atoms with Crippen molar-refractivity contribution < 1.29 is 23.9 Å². The van der Waals surface area contributed by atoms with Crippen molar-refractivity contribution in [2.45, 2.75) is 31.1 Å². The zero-order chi connectivity index (χ0) is 19.4. The van der Waals surface area contributed by atoms with E-state index in [9.17, 15) is 14.4 Å². The lowest BCUT2D eigenvalue weighted by molar-refractivity contribution is -0.163. The minimum atomic E-state index is -1.58. The molecule has 0 radical (unpaired) electrons. The van der Waals surface area contributed by atoms with Crippen LogP contribution in [0, 0.1) is 5.92 Å². The maximum absolute atomic E-state index is 13.5. The highest BCUT2D eigenvalue weighted by Gasteiger charge is 2.52. The summed E-state index contributed by atoms with van der Waals surface area (Å²) in [6.45, 7) is 0. The van der Waals surface area contributed by atoms with Crippen molar-refractivity contribution in [2.75, 3.05) is 14.2 Å². The number of ether oxygens (including phenoxy) is 2. The molecule has 0 unspecified atom stereocenters. The van der Waals surface area contributed by atoms with Gasteiger partial charge in [-0.1, -0.05) is 43.2 Å². The summed E-state index contributed by atoms with van der Waals surface area (Å²) in [7, 11) is 2.33. The summed E-state index contributed by atoms with van der Waals surface area (Å²) in [4.78, 5) is 41.2. The minimum absolute atomic E-state index is 0.460. The topological polar surface area (TPSA) is 85.5 Å². The summed E-state index contributed by atoms with van der Waals surface area (Å²) in [5.74, 6) is -3.81. The van der Waals surface area contributed by atoms with Crippen LogP contribution in [0.25, 0.3) is 11.1 Å². The van der Waals surface area contributed by atoms with Gasteiger partial charge in [-0.25, -0.2) is 0 Å². The molecule has 0 spiro atoms. The molecule has 1 fully saturated rings. The molecule has 0 amide bonds. The molecule has 6 heteroatoms. The largest absolute Gasteiger partial charge is 0.468 e. The fourth-order valence-electron chi connectivity index (χ4n) is 4.04. The quantitative estimate of drug-likeness (QED) is 0.625. The number of methoxy groups -OCH3 is 2. The summed E-state index contributed by atoms with van der Waals surface area (Å²) >= 11 is 0. The van der Waals surface area contributed by atoms with Crippen LogP contribution in [-0.4, -0.2) is 36.9 Å². The van der Waals surface area contributed by atoms with Crippen LogP contribution in [0.4, 0.5) is 0 Å². The van der Waals surface area contributed by atoms with Gasteiger partial charge in [0.25, 0.3) is 0 Å². The van der Waals surface area contributed by atoms with E-state index in [0.717, 1.165) is 43.9 Å². The summed E-state index contributed by atoms with van der Waals surface area (Å²) in [5.41, 5.74) is 1.68. The molecular weight excluding hydrogens is 346 g/mol. The first-order chi connectivity index (χ1) is 13.0. The Bertz CT molecular complexity index is 817. The van der Waals surface area contributed by atoms with E-state index in [4.69, 9.17) is 9.47 Å². The molecule has 1 heterocycles. The van der Waals surface area contributed by atoms with Gasteiger partial charge in [0.1, 0.15) is 0 Å². The number of aromatic nitrogens is 1. The first kappa shape index (κ1) is 18.9.